The zero-order chi connectivity index (χ0) is 13.3. The lowest BCUT2D eigenvalue weighted by Crippen LogP contribution is -2.38. The minimum Gasteiger partial charge on any atom is -0.334 e. The maximum Gasteiger partial charge on any atom is 0.262 e. The van der Waals surface area contributed by atoms with Gasteiger partial charge in [-0.25, -0.2) is 13.4 Å². The van der Waals surface area contributed by atoms with Crippen molar-refractivity contribution in [2.45, 2.75) is 38.3 Å². The molecule has 1 aliphatic rings. The fraction of sp³-hybridized carbons (Fsp3) is 0.636. The molecule has 1 aromatic rings. The molecule has 2 heterocycles. The number of piperidine rings is 1. The summed E-state index contributed by atoms with van der Waals surface area (Å²) in [4.78, 5) is 15.2. The van der Waals surface area contributed by atoms with Gasteiger partial charge in [0.15, 0.2) is 5.03 Å². The van der Waals surface area contributed by atoms with E-state index in [0.29, 0.717) is 25.2 Å². The number of aromatic nitrogens is 2. The highest BCUT2D eigenvalue weighted by molar-refractivity contribution is 7.89. The van der Waals surface area contributed by atoms with Crippen molar-refractivity contribution in [2.24, 2.45) is 0 Å². The van der Waals surface area contributed by atoms with Gasteiger partial charge in [-0.15, -0.1) is 0 Å². The lowest BCUT2D eigenvalue weighted by Gasteiger charge is -2.24. The summed E-state index contributed by atoms with van der Waals surface area (Å²) in [6.07, 6.45) is 2.15. The fourth-order valence-electron chi connectivity index (χ4n) is 2.03. The minimum atomic E-state index is -3.55. The quantitative estimate of drug-likeness (QED) is 0.805. The van der Waals surface area contributed by atoms with Gasteiger partial charge < -0.3 is 4.57 Å². The molecular formula is C11H17N3O3S. The lowest BCUT2D eigenvalue weighted by molar-refractivity contribution is -0.120. The summed E-state index contributed by atoms with van der Waals surface area (Å²) in [6.45, 7) is 4.93. The van der Waals surface area contributed by atoms with Crippen LogP contribution in [0, 0.1) is 6.92 Å². The summed E-state index contributed by atoms with van der Waals surface area (Å²) in [6, 6.07) is 0. The standard InChI is InChI=1S/C11H17N3O3S/c1-3-13-8-11(12-9(13)2)18(16,17)14-6-4-10(15)5-7-14/h8H,3-7H2,1-2H3. The lowest BCUT2D eigenvalue weighted by atomic mass is 10.1. The number of rotatable bonds is 3. The Balaban J connectivity index is 2.27. The topological polar surface area (TPSA) is 72.3 Å². The van der Waals surface area contributed by atoms with Crippen molar-refractivity contribution in [3.63, 3.8) is 0 Å². The molecule has 1 aliphatic heterocycles. The van der Waals surface area contributed by atoms with Crippen molar-refractivity contribution in [1.29, 1.82) is 0 Å². The monoisotopic (exact) mass is 271 g/mol. The Morgan fingerprint density at radius 1 is 1.33 bits per heavy atom. The van der Waals surface area contributed by atoms with Crippen LogP contribution in [-0.4, -0.2) is 41.1 Å². The molecule has 1 aromatic heterocycles. The molecule has 1 saturated heterocycles. The van der Waals surface area contributed by atoms with E-state index < -0.39 is 10.0 Å². The number of Topliss-reactive ketones (excluding diaryl/α,β-unsaturated/α-hetero) is 1. The number of ketones is 1. The molecule has 0 saturated carbocycles. The third-order valence-electron chi connectivity index (χ3n) is 3.18. The van der Waals surface area contributed by atoms with E-state index in [-0.39, 0.29) is 23.9 Å². The van der Waals surface area contributed by atoms with Crippen molar-refractivity contribution >= 4 is 15.8 Å². The van der Waals surface area contributed by atoms with Crippen molar-refractivity contribution in [3.05, 3.63) is 12.0 Å². The van der Waals surface area contributed by atoms with E-state index in [4.69, 9.17) is 0 Å². The van der Waals surface area contributed by atoms with Gasteiger partial charge in [0.05, 0.1) is 0 Å². The predicted molar refractivity (Wildman–Crippen MR) is 65.6 cm³/mol. The van der Waals surface area contributed by atoms with Gasteiger partial charge >= 0.3 is 0 Å². The summed E-state index contributed by atoms with van der Waals surface area (Å²) in [5, 5.41) is 0.0798. The number of hydrogen-bond donors (Lipinski definition) is 0. The van der Waals surface area contributed by atoms with Gasteiger partial charge in [-0.1, -0.05) is 0 Å². The normalized spacial score (nSPS) is 18.2. The molecule has 0 unspecified atom stereocenters. The molecule has 0 spiro atoms. The van der Waals surface area contributed by atoms with Crippen molar-refractivity contribution < 1.29 is 13.2 Å². The summed E-state index contributed by atoms with van der Waals surface area (Å²) in [7, 11) is -3.55. The summed E-state index contributed by atoms with van der Waals surface area (Å²) < 4.78 is 27.8. The Labute approximate surface area is 107 Å². The molecule has 1 fully saturated rings. The molecule has 0 aliphatic carbocycles. The van der Waals surface area contributed by atoms with E-state index in [0.717, 1.165) is 0 Å². The molecule has 2 rings (SSSR count). The van der Waals surface area contributed by atoms with Crippen LogP contribution in [0.4, 0.5) is 0 Å². The number of nitrogens with zero attached hydrogens (tertiary/aromatic N) is 3. The first-order chi connectivity index (χ1) is 8.45. The van der Waals surface area contributed by atoms with Gasteiger partial charge in [0.25, 0.3) is 10.0 Å². The van der Waals surface area contributed by atoms with Gasteiger partial charge in [-0.05, 0) is 13.8 Å². The Morgan fingerprint density at radius 2 is 1.94 bits per heavy atom. The van der Waals surface area contributed by atoms with Crippen LogP contribution in [0.5, 0.6) is 0 Å². The number of imidazole rings is 1. The van der Waals surface area contributed by atoms with Crippen LogP contribution in [0.25, 0.3) is 0 Å². The van der Waals surface area contributed by atoms with E-state index in [9.17, 15) is 13.2 Å². The first-order valence-corrected chi connectivity index (χ1v) is 7.44. The average Bonchev–Trinajstić information content (AvgIpc) is 2.72. The number of carbonyl (C=O) groups excluding carboxylic acids is 1. The highest BCUT2D eigenvalue weighted by atomic mass is 32.2. The Hall–Kier alpha value is -1.21. The van der Waals surface area contributed by atoms with Crippen molar-refractivity contribution in [3.8, 4) is 0 Å². The Kier molecular flexibility index (Phi) is 3.54. The van der Waals surface area contributed by atoms with Crippen LogP contribution in [0.3, 0.4) is 0 Å². The zero-order valence-corrected chi connectivity index (χ0v) is 11.4. The number of sulfonamides is 1. The second-order valence-electron chi connectivity index (χ2n) is 4.36. The second kappa shape index (κ2) is 4.81. The van der Waals surface area contributed by atoms with Gasteiger partial charge in [0.2, 0.25) is 0 Å². The first kappa shape index (κ1) is 13.2. The van der Waals surface area contributed by atoms with Crippen molar-refractivity contribution in [1.82, 2.24) is 13.9 Å². The van der Waals surface area contributed by atoms with Crippen LogP contribution >= 0.6 is 0 Å². The molecule has 0 N–H and O–H groups in total. The second-order valence-corrected chi connectivity index (χ2v) is 6.24. The van der Waals surface area contributed by atoms with Gasteiger partial charge in [-0.3, -0.25) is 4.79 Å². The van der Waals surface area contributed by atoms with Crippen LogP contribution < -0.4 is 0 Å². The fourth-order valence-corrected chi connectivity index (χ4v) is 3.47. The van der Waals surface area contributed by atoms with Crippen LogP contribution in [-0.2, 0) is 21.4 Å². The van der Waals surface area contributed by atoms with Crippen molar-refractivity contribution in [2.75, 3.05) is 13.1 Å². The smallest absolute Gasteiger partial charge is 0.262 e. The molecule has 0 amide bonds. The average molecular weight is 271 g/mol. The van der Waals surface area contributed by atoms with E-state index in [1.54, 1.807) is 17.7 Å². The van der Waals surface area contributed by atoms with Crippen LogP contribution in [0.2, 0.25) is 0 Å². The van der Waals surface area contributed by atoms with Gasteiger partial charge in [0, 0.05) is 38.7 Å². The van der Waals surface area contributed by atoms with E-state index in [1.807, 2.05) is 6.92 Å². The molecule has 0 radical (unpaired) electrons. The molecule has 0 atom stereocenters. The zero-order valence-electron chi connectivity index (χ0n) is 10.6. The largest absolute Gasteiger partial charge is 0.334 e. The third-order valence-corrected chi connectivity index (χ3v) is 4.95. The summed E-state index contributed by atoms with van der Waals surface area (Å²) in [5.74, 6) is 0.806. The highest BCUT2D eigenvalue weighted by Gasteiger charge is 2.30. The van der Waals surface area contributed by atoms with Crippen LogP contribution in [0.1, 0.15) is 25.6 Å². The molecule has 7 heteroatoms. The van der Waals surface area contributed by atoms with Crippen LogP contribution in [0.15, 0.2) is 11.2 Å². The van der Waals surface area contributed by atoms with Gasteiger partial charge in [-0.2, -0.15) is 4.31 Å². The van der Waals surface area contributed by atoms with E-state index in [2.05, 4.69) is 4.98 Å². The summed E-state index contributed by atoms with van der Waals surface area (Å²) in [5.41, 5.74) is 0. The minimum absolute atomic E-state index is 0.0798. The maximum atomic E-state index is 12.3. The number of aryl methyl sites for hydroxylation is 2. The molecule has 0 bridgehead atoms. The maximum absolute atomic E-state index is 12.3. The predicted octanol–water partition coefficient (Wildman–Crippen LogP) is 0.565. The highest BCUT2D eigenvalue weighted by Crippen LogP contribution is 2.18. The molecule has 0 aromatic carbocycles. The first-order valence-electron chi connectivity index (χ1n) is 6.00. The van der Waals surface area contributed by atoms with E-state index in [1.165, 1.54) is 4.31 Å². The molecule has 6 nitrogen and oxygen atoms in total. The third kappa shape index (κ3) is 2.32. The van der Waals surface area contributed by atoms with E-state index >= 15 is 0 Å². The Bertz CT molecular complexity index is 552. The summed E-state index contributed by atoms with van der Waals surface area (Å²) >= 11 is 0. The molecule has 100 valence electrons. The SMILES string of the molecule is CCn1cc(S(=O)(=O)N2CCC(=O)CC2)nc1C. The number of hydrogen-bond acceptors (Lipinski definition) is 4. The Morgan fingerprint density at radius 3 is 2.44 bits per heavy atom. The number of carbonyl (C=O) groups is 1. The molecular weight excluding hydrogens is 254 g/mol. The van der Waals surface area contributed by atoms with Gasteiger partial charge in [0.1, 0.15) is 11.6 Å². The molecule has 18 heavy (non-hydrogen) atoms.